The number of halogens is 1. The van der Waals surface area contributed by atoms with E-state index in [1.54, 1.807) is 0 Å². The van der Waals surface area contributed by atoms with Gasteiger partial charge in [-0.05, 0) is 15.9 Å². The van der Waals surface area contributed by atoms with Gasteiger partial charge in [0.2, 0.25) is 15.9 Å². The Hall–Kier alpha value is -1.13. The molecular formula is C7H8BrN5O3S. The molecule has 1 saturated heterocycles. The van der Waals surface area contributed by atoms with Crippen molar-refractivity contribution in [1.82, 2.24) is 15.2 Å². The molecule has 0 bridgehead atoms. The largest absolute Gasteiger partial charge is 0.278 e. The van der Waals surface area contributed by atoms with Crippen LogP contribution < -0.4 is 10.0 Å². The van der Waals surface area contributed by atoms with E-state index < -0.39 is 15.3 Å². The van der Waals surface area contributed by atoms with Crippen LogP contribution in [0.2, 0.25) is 0 Å². The van der Waals surface area contributed by atoms with Gasteiger partial charge in [-0.2, -0.15) is 0 Å². The van der Waals surface area contributed by atoms with Crippen LogP contribution in [0.15, 0.2) is 10.8 Å². The highest BCUT2D eigenvalue weighted by atomic mass is 79.9. The molecule has 0 aliphatic carbocycles. The fourth-order valence-electron chi connectivity index (χ4n) is 1.47. The summed E-state index contributed by atoms with van der Waals surface area (Å²) in [5.74, 6) is -0.308. The Balaban J connectivity index is 2.24. The third kappa shape index (κ3) is 2.58. The molecule has 92 valence electrons. The van der Waals surface area contributed by atoms with Crippen LogP contribution in [0.1, 0.15) is 6.42 Å². The lowest BCUT2D eigenvalue weighted by Gasteiger charge is -2.12. The highest BCUT2D eigenvalue weighted by Crippen LogP contribution is 2.20. The molecule has 0 spiro atoms. The van der Waals surface area contributed by atoms with Gasteiger partial charge < -0.3 is 0 Å². The second-order valence-corrected chi connectivity index (χ2v) is 6.16. The third-order valence-corrected chi connectivity index (χ3v) is 3.93. The predicted molar refractivity (Wildman–Crippen MR) is 61.4 cm³/mol. The fraction of sp³-hybridized carbons (Fsp3) is 0.429. The standard InChI is InChI=1S/C7H8BrN5O3S/c8-5-2-10-7(12-11-5)13-3-4(1-6(13)14)17(9,15)16/h2,4H,1,3H2,(H2,9,15,16). The van der Waals surface area contributed by atoms with Crippen LogP contribution in [-0.2, 0) is 14.8 Å². The SMILES string of the molecule is NS(=O)(=O)C1CC(=O)N(c2ncc(Br)nn2)C1. The Bertz CT molecular complexity index is 545. The van der Waals surface area contributed by atoms with Crippen molar-refractivity contribution in [2.45, 2.75) is 11.7 Å². The number of amides is 1. The molecule has 10 heteroatoms. The Morgan fingerprint density at radius 1 is 1.47 bits per heavy atom. The van der Waals surface area contributed by atoms with Gasteiger partial charge in [-0.15, -0.1) is 10.2 Å². The molecule has 1 atom stereocenters. The van der Waals surface area contributed by atoms with Crippen LogP contribution in [0.4, 0.5) is 5.95 Å². The number of hydrogen-bond donors (Lipinski definition) is 1. The zero-order chi connectivity index (χ0) is 12.6. The van der Waals surface area contributed by atoms with Gasteiger partial charge >= 0.3 is 0 Å². The summed E-state index contributed by atoms with van der Waals surface area (Å²) in [5.41, 5.74) is 0. The third-order valence-electron chi connectivity index (χ3n) is 2.32. The smallest absolute Gasteiger partial charge is 0.252 e. The number of carbonyl (C=O) groups is 1. The highest BCUT2D eigenvalue weighted by molar-refractivity contribution is 9.10. The van der Waals surface area contributed by atoms with Crippen LogP contribution in [0.25, 0.3) is 0 Å². The van der Waals surface area contributed by atoms with Gasteiger partial charge in [-0.1, -0.05) is 0 Å². The van der Waals surface area contributed by atoms with Gasteiger partial charge in [0.25, 0.3) is 5.95 Å². The second kappa shape index (κ2) is 4.27. The Labute approximate surface area is 105 Å². The van der Waals surface area contributed by atoms with E-state index >= 15 is 0 Å². The Morgan fingerprint density at radius 3 is 2.65 bits per heavy atom. The van der Waals surface area contributed by atoms with E-state index in [2.05, 4.69) is 31.1 Å². The number of carbonyl (C=O) groups excluding carboxylic acids is 1. The summed E-state index contributed by atoms with van der Waals surface area (Å²) in [6, 6.07) is 0. The van der Waals surface area contributed by atoms with Gasteiger partial charge in [0.15, 0.2) is 0 Å². The van der Waals surface area contributed by atoms with E-state index in [0.717, 1.165) is 4.90 Å². The summed E-state index contributed by atoms with van der Waals surface area (Å²) in [6.07, 6.45) is 1.22. The summed E-state index contributed by atoms with van der Waals surface area (Å²) in [5, 5.41) is 11.4. The molecule has 8 nitrogen and oxygen atoms in total. The molecular weight excluding hydrogens is 314 g/mol. The first-order chi connectivity index (χ1) is 7.88. The van der Waals surface area contributed by atoms with Crippen LogP contribution in [0, 0.1) is 0 Å². The predicted octanol–water partition coefficient (Wildman–Crippen LogP) is -0.972. The van der Waals surface area contributed by atoms with Crippen molar-refractivity contribution in [2.24, 2.45) is 5.14 Å². The van der Waals surface area contributed by atoms with E-state index in [-0.39, 0.29) is 24.8 Å². The Morgan fingerprint density at radius 2 is 2.18 bits per heavy atom. The number of nitrogens with two attached hydrogens (primary N) is 1. The van der Waals surface area contributed by atoms with Gasteiger partial charge in [-0.3, -0.25) is 9.69 Å². The fourth-order valence-corrected chi connectivity index (χ4v) is 2.38. The summed E-state index contributed by atoms with van der Waals surface area (Å²) < 4.78 is 22.7. The average Bonchev–Trinajstić information content (AvgIpc) is 2.61. The van der Waals surface area contributed by atoms with E-state index in [1.807, 2.05) is 0 Å². The van der Waals surface area contributed by atoms with Gasteiger partial charge in [0, 0.05) is 13.0 Å². The molecule has 0 aromatic carbocycles. The minimum atomic E-state index is -3.73. The molecule has 1 aliphatic heterocycles. The van der Waals surface area contributed by atoms with Crippen LogP contribution in [-0.4, -0.2) is 41.3 Å². The summed E-state index contributed by atoms with van der Waals surface area (Å²) in [4.78, 5) is 16.6. The molecule has 1 aromatic rings. The van der Waals surface area contributed by atoms with Gasteiger partial charge in [0.05, 0.1) is 6.20 Å². The lowest BCUT2D eigenvalue weighted by atomic mass is 10.4. The van der Waals surface area contributed by atoms with Crippen LogP contribution >= 0.6 is 15.9 Å². The summed E-state index contributed by atoms with van der Waals surface area (Å²) in [6.45, 7) is -0.0407. The van der Waals surface area contributed by atoms with Gasteiger partial charge in [-0.25, -0.2) is 18.5 Å². The minimum absolute atomic E-state index is 0.0407. The quantitative estimate of drug-likeness (QED) is 0.748. The molecule has 1 aliphatic rings. The van der Waals surface area contributed by atoms with Gasteiger partial charge in [0.1, 0.15) is 9.85 Å². The lowest BCUT2D eigenvalue weighted by molar-refractivity contribution is -0.117. The molecule has 2 N–H and O–H groups in total. The molecule has 0 radical (unpaired) electrons. The number of aromatic nitrogens is 3. The minimum Gasteiger partial charge on any atom is -0.278 e. The molecule has 2 heterocycles. The van der Waals surface area contributed by atoms with Crippen molar-refractivity contribution < 1.29 is 13.2 Å². The van der Waals surface area contributed by atoms with Crippen molar-refractivity contribution in [3.05, 3.63) is 10.8 Å². The second-order valence-electron chi connectivity index (χ2n) is 3.50. The average molecular weight is 322 g/mol. The number of sulfonamides is 1. The molecule has 17 heavy (non-hydrogen) atoms. The van der Waals surface area contributed by atoms with E-state index in [1.165, 1.54) is 6.20 Å². The Kier molecular flexibility index (Phi) is 3.10. The zero-order valence-corrected chi connectivity index (χ0v) is 10.8. The molecule has 1 unspecified atom stereocenters. The van der Waals surface area contributed by atoms with E-state index in [4.69, 9.17) is 5.14 Å². The number of nitrogens with zero attached hydrogens (tertiary/aromatic N) is 4. The first-order valence-electron chi connectivity index (χ1n) is 4.55. The number of anilines is 1. The van der Waals surface area contributed by atoms with E-state index in [9.17, 15) is 13.2 Å². The molecule has 1 amide bonds. The van der Waals surface area contributed by atoms with Crippen molar-refractivity contribution in [2.75, 3.05) is 11.4 Å². The maximum absolute atomic E-state index is 11.6. The molecule has 1 aromatic heterocycles. The number of primary sulfonamides is 1. The molecule has 1 fully saturated rings. The lowest BCUT2D eigenvalue weighted by Crippen LogP contribution is -2.32. The van der Waals surface area contributed by atoms with E-state index in [0.29, 0.717) is 4.60 Å². The van der Waals surface area contributed by atoms with Crippen molar-refractivity contribution in [3.63, 3.8) is 0 Å². The number of rotatable bonds is 2. The summed E-state index contributed by atoms with van der Waals surface area (Å²) in [7, 11) is -3.73. The summed E-state index contributed by atoms with van der Waals surface area (Å²) >= 11 is 3.06. The van der Waals surface area contributed by atoms with Crippen LogP contribution in [0.3, 0.4) is 0 Å². The zero-order valence-electron chi connectivity index (χ0n) is 8.45. The first-order valence-corrected chi connectivity index (χ1v) is 6.95. The monoisotopic (exact) mass is 321 g/mol. The maximum atomic E-state index is 11.6. The maximum Gasteiger partial charge on any atom is 0.252 e. The molecule has 2 rings (SSSR count). The number of hydrogen-bond acceptors (Lipinski definition) is 6. The highest BCUT2D eigenvalue weighted by Gasteiger charge is 2.38. The first kappa shape index (κ1) is 12.3. The topological polar surface area (TPSA) is 119 Å². The van der Waals surface area contributed by atoms with Crippen molar-refractivity contribution in [1.29, 1.82) is 0 Å². The van der Waals surface area contributed by atoms with Crippen molar-refractivity contribution in [3.8, 4) is 0 Å². The normalized spacial score (nSPS) is 20.9. The van der Waals surface area contributed by atoms with Crippen molar-refractivity contribution >= 4 is 37.8 Å². The van der Waals surface area contributed by atoms with Crippen LogP contribution in [0.5, 0.6) is 0 Å². The molecule has 0 saturated carbocycles.